The highest BCUT2D eigenvalue weighted by molar-refractivity contribution is 5.90. The van der Waals surface area contributed by atoms with Crippen LogP contribution in [0.4, 0.5) is 0 Å². The summed E-state index contributed by atoms with van der Waals surface area (Å²) in [4.78, 5) is 25.1. The molecule has 3 aromatic heterocycles. The summed E-state index contributed by atoms with van der Waals surface area (Å²) in [5.74, 6) is 0.147. The molecule has 5 aromatic rings. The second-order valence-electron chi connectivity index (χ2n) is 12.2. The van der Waals surface area contributed by atoms with Crippen molar-refractivity contribution < 1.29 is 9.90 Å². The average Bonchev–Trinajstić information content (AvgIpc) is 3.43. The molecule has 4 heterocycles. The third-order valence-corrected chi connectivity index (χ3v) is 9.11. The van der Waals surface area contributed by atoms with Crippen LogP contribution in [0.25, 0.3) is 39.1 Å². The molecule has 8 heteroatoms. The van der Waals surface area contributed by atoms with E-state index < -0.39 is 6.10 Å². The van der Waals surface area contributed by atoms with Crippen LogP contribution in [0.2, 0.25) is 0 Å². The van der Waals surface area contributed by atoms with Crippen LogP contribution in [0.15, 0.2) is 72.9 Å². The maximum Gasteiger partial charge on any atom is 0.223 e. The lowest BCUT2D eigenvalue weighted by Crippen LogP contribution is -2.49. The molecular formula is C35H38N6O2. The second-order valence-corrected chi connectivity index (χ2v) is 12.2. The zero-order valence-electron chi connectivity index (χ0n) is 24.6. The third-order valence-electron chi connectivity index (χ3n) is 9.11. The first-order valence-corrected chi connectivity index (χ1v) is 15.5. The Kier molecular flexibility index (Phi) is 7.63. The molecule has 220 valence electrons. The molecule has 1 amide bonds. The van der Waals surface area contributed by atoms with Gasteiger partial charge in [-0.05, 0) is 62.9 Å². The Labute approximate surface area is 251 Å². The van der Waals surface area contributed by atoms with E-state index in [1.165, 1.54) is 5.56 Å². The van der Waals surface area contributed by atoms with Crippen molar-refractivity contribution in [1.82, 2.24) is 29.8 Å². The molecule has 2 aromatic carbocycles. The van der Waals surface area contributed by atoms with Gasteiger partial charge in [-0.1, -0.05) is 67.4 Å². The van der Waals surface area contributed by atoms with Gasteiger partial charge in [0.2, 0.25) is 5.91 Å². The monoisotopic (exact) mass is 574 g/mol. The minimum absolute atomic E-state index is 0.0309. The van der Waals surface area contributed by atoms with Crippen molar-refractivity contribution in [2.45, 2.75) is 64.1 Å². The van der Waals surface area contributed by atoms with Crippen molar-refractivity contribution >= 4 is 22.6 Å². The van der Waals surface area contributed by atoms with Gasteiger partial charge in [-0.15, -0.1) is 0 Å². The van der Waals surface area contributed by atoms with Crippen LogP contribution in [0.1, 0.15) is 49.8 Å². The van der Waals surface area contributed by atoms with Gasteiger partial charge in [-0.3, -0.25) is 9.69 Å². The van der Waals surface area contributed by atoms with Gasteiger partial charge in [0.15, 0.2) is 11.3 Å². The number of piperidine rings is 1. The van der Waals surface area contributed by atoms with Gasteiger partial charge in [0.1, 0.15) is 0 Å². The molecule has 1 saturated heterocycles. The van der Waals surface area contributed by atoms with E-state index in [0.29, 0.717) is 0 Å². The van der Waals surface area contributed by atoms with Gasteiger partial charge in [-0.25, -0.2) is 9.97 Å². The number of benzene rings is 2. The normalized spacial score (nSPS) is 20.0. The van der Waals surface area contributed by atoms with Gasteiger partial charge in [0, 0.05) is 41.2 Å². The smallest absolute Gasteiger partial charge is 0.223 e. The van der Waals surface area contributed by atoms with Crippen molar-refractivity contribution in [1.29, 1.82) is 0 Å². The maximum absolute atomic E-state index is 12.9. The van der Waals surface area contributed by atoms with E-state index in [1.807, 2.05) is 29.8 Å². The number of aliphatic hydroxyl groups excluding tert-OH is 1. The summed E-state index contributed by atoms with van der Waals surface area (Å²) in [6, 6.07) is 23.1. The summed E-state index contributed by atoms with van der Waals surface area (Å²) >= 11 is 0. The van der Waals surface area contributed by atoms with Crippen molar-refractivity contribution in [3.63, 3.8) is 0 Å². The molecule has 1 saturated carbocycles. The SMILES string of the molecule is Cc1cc2ncc3cc(-c4ccccc4)c(-c4ccc(CN5CCC(C(=O)N[C@H]6CCCC[C@@H]6O)CC5)cc4)nc3n2n1. The Balaban J connectivity index is 1.08. The number of likely N-dealkylation sites (tertiary alicyclic amines) is 1. The fourth-order valence-corrected chi connectivity index (χ4v) is 6.67. The highest BCUT2D eigenvalue weighted by Crippen LogP contribution is 2.34. The molecule has 0 spiro atoms. The molecule has 0 radical (unpaired) electrons. The minimum atomic E-state index is -0.401. The van der Waals surface area contributed by atoms with Crippen LogP contribution in [0.3, 0.4) is 0 Å². The van der Waals surface area contributed by atoms with Crippen LogP contribution in [0.5, 0.6) is 0 Å². The number of carbonyl (C=O) groups excluding carboxylic acids is 1. The van der Waals surface area contributed by atoms with Crippen molar-refractivity contribution in [3.8, 4) is 22.4 Å². The van der Waals surface area contributed by atoms with E-state index in [1.54, 1.807) is 0 Å². The lowest BCUT2D eigenvalue weighted by molar-refractivity contribution is -0.128. The van der Waals surface area contributed by atoms with Crippen molar-refractivity contribution in [2.24, 2.45) is 5.92 Å². The number of rotatable bonds is 6. The number of pyridine rings is 1. The third kappa shape index (κ3) is 5.77. The van der Waals surface area contributed by atoms with Crippen LogP contribution in [-0.2, 0) is 11.3 Å². The highest BCUT2D eigenvalue weighted by Gasteiger charge is 2.30. The van der Waals surface area contributed by atoms with E-state index in [2.05, 4.69) is 74.9 Å². The van der Waals surface area contributed by atoms with Crippen LogP contribution >= 0.6 is 0 Å². The maximum atomic E-state index is 12.9. The van der Waals surface area contributed by atoms with E-state index in [0.717, 1.165) is 103 Å². The van der Waals surface area contributed by atoms with Gasteiger partial charge in [-0.2, -0.15) is 9.61 Å². The number of amides is 1. The summed E-state index contributed by atoms with van der Waals surface area (Å²) in [7, 11) is 0. The Hall–Kier alpha value is -4.14. The van der Waals surface area contributed by atoms with Gasteiger partial charge < -0.3 is 10.4 Å². The summed E-state index contributed by atoms with van der Waals surface area (Å²) < 4.78 is 1.83. The predicted octanol–water partition coefficient (Wildman–Crippen LogP) is 5.55. The Morgan fingerprint density at radius 2 is 1.72 bits per heavy atom. The summed E-state index contributed by atoms with van der Waals surface area (Å²) in [5, 5.41) is 19.0. The number of nitrogens with one attached hydrogen (secondary N) is 1. The molecule has 2 N–H and O–H groups in total. The summed E-state index contributed by atoms with van der Waals surface area (Å²) in [6.45, 7) is 4.61. The minimum Gasteiger partial charge on any atom is -0.391 e. The Morgan fingerprint density at radius 1 is 0.953 bits per heavy atom. The molecule has 2 atom stereocenters. The summed E-state index contributed by atoms with van der Waals surface area (Å²) in [5.41, 5.74) is 7.88. The number of fused-ring (bicyclic) bond motifs is 3. The first kappa shape index (κ1) is 27.7. The van der Waals surface area contributed by atoms with Crippen molar-refractivity contribution in [2.75, 3.05) is 13.1 Å². The number of aryl methyl sites for hydroxylation is 1. The van der Waals surface area contributed by atoms with Crippen molar-refractivity contribution in [3.05, 3.63) is 84.2 Å². The number of hydrogen-bond acceptors (Lipinski definition) is 6. The van der Waals surface area contributed by atoms with Gasteiger partial charge in [0.25, 0.3) is 0 Å². The largest absolute Gasteiger partial charge is 0.391 e. The highest BCUT2D eigenvalue weighted by atomic mass is 16.3. The second kappa shape index (κ2) is 11.9. The number of nitrogens with zero attached hydrogens (tertiary/aromatic N) is 5. The molecule has 0 bridgehead atoms. The standard InChI is InChI=1S/C35H38N6O2/c1-23-19-32-36-21-28-20-29(25-7-3-2-4-8-25)33(38-34(28)41(32)39-23)26-13-11-24(12-14-26)22-40-17-15-27(16-18-40)35(43)37-30-9-5-6-10-31(30)42/h2-4,7-8,11-14,19-21,27,30-31,42H,5-6,9-10,15-18,22H2,1H3,(H,37,43)/t30-,31-/m0/s1. The lowest BCUT2D eigenvalue weighted by Gasteiger charge is -2.34. The Bertz CT molecular complexity index is 1740. The molecule has 1 aliphatic heterocycles. The van der Waals surface area contributed by atoms with Gasteiger partial charge >= 0.3 is 0 Å². The van der Waals surface area contributed by atoms with E-state index in [4.69, 9.17) is 4.98 Å². The first-order chi connectivity index (χ1) is 21.0. The molecule has 7 rings (SSSR count). The van der Waals surface area contributed by atoms with Crippen LogP contribution < -0.4 is 5.32 Å². The molecule has 2 aliphatic rings. The van der Waals surface area contributed by atoms with E-state index in [-0.39, 0.29) is 17.9 Å². The number of aliphatic hydroxyl groups is 1. The molecule has 2 fully saturated rings. The first-order valence-electron chi connectivity index (χ1n) is 15.5. The molecule has 0 unspecified atom stereocenters. The van der Waals surface area contributed by atoms with E-state index >= 15 is 0 Å². The number of hydrogen-bond donors (Lipinski definition) is 2. The zero-order valence-corrected chi connectivity index (χ0v) is 24.6. The lowest BCUT2D eigenvalue weighted by atomic mass is 9.90. The fraction of sp³-hybridized carbons (Fsp3) is 0.371. The Morgan fingerprint density at radius 3 is 2.49 bits per heavy atom. The molecule has 1 aliphatic carbocycles. The summed E-state index contributed by atoms with van der Waals surface area (Å²) in [6.07, 6.45) is 6.98. The quantitative estimate of drug-likeness (QED) is 0.276. The number of aromatic nitrogens is 4. The molecular weight excluding hydrogens is 536 g/mol. The number of carbonyl (C=O) groups is 1. The van der Waals surface area contributed by atoms with E-state index in [9.17, 15) is 9.90 Å². The van der Waals surface area contributed by atoms with Crippen LogP contribution in [-0.4, -0.2) is 60.7 Å². The zero-order chi connectivity index (χ0) is 29.3. The molecule has 43 heavy (non-hydrogen) atoms. The van der Waals surface area contributed by atoms with Gasteiger partial charge in [0.05, 0.1) is 23.5 Å². The molecule has 8 nitrogen and oxygen atoms in total. The predicted molar refractivity (Wildman–Crippen MR) is 168 cm³/mol. The topological polar surface area (TPSA) is 95.7 Å². The van der Waals surface area contributed by atoms with Crippen LogP contribution in [0, 0.1) is 12.8 Å². The fourth-order valence-electron chi connectivity index (χ4n) is 6.67. The average molecular weight is 575 g/mol.